The predicted octanol–water partition coefficient (Wildman–Crippen LogP) is 0.549. The summed E-state index contributed by atoms with van der Waals surface area (Å²) in [7, 11) is 0. The fraction of sp³-hybridized carbons (Fsp3) is 0.875. The molecule has 0 aromatic heterocycles. The van der Waals surface area contributed by atoms with Crippen LogP contribution in [0.25, 0.3) is 0 Å². The lowest BCUT2D eigenvalue weighted by Crippen LogP contribution is -2.28. The molecule has 3 nitrogen and oxygen atoms in total. The van der Waals surface area contributed by atoms with Crippen LogP contribution in [0.5, 0.6) is 0 Å². The zero-order valence-corrected chi connectivity index (χ0v) is 6.93. The number of ether oxygens (including phenoxy) is 1. The molecule has 0 radical (unpaired) electrons. The first-order valence-corrected chi connectivity index (χ1v) is 4.17. The van der Waals surface area contributed by atoms with Crippen molar-refractivity contribution in [1.82, 2.24) is 5.32 Å². The number of carbonyl (C=O) groups excluding carboxylic acids is 1. The SMILES string of the molecule is CCC(=O)NC[C@H]1CCOC1. The molecule has 1 amide bonds. The molecule has 3 heteroatoms. The van der Waals surface area contributed by atoms with Crippen molar-refractivity contribution in [3.8, 4) is 0 Å². The number of rotatable bonds is 3. The van der Waals surface area contributed by atoms with Crippen LogP contribution in [0.3, 0.4) is 0 Å². The standard InChI is InChI=1S/C8H15NO2/c1-2-8(10)9-5-7-3-4-11-6-7/h7H,2-6H2,1H3,(H,9,10)/t7-/m1/s1. The molecular formula is C8H15NO2. The van der Waals surface area contributed by atoms with E-state index in [1.807, 2.05) is 6.92 Å². The quantitative estimate of drug-likeness (QED) is 0.649. The van der Waals surface area contributed by atoms with E-state index >= 15 is 0 Å². The molecule has 1 N–H and O–H groups in total. The smallest absolute Gasteiger partial charge is 0.219 e. The fourth-order valence-corrected chi connectivity index (χ4v) is 1.13. The van der Waals surface area contributed by atoms with Gasteiger partial charge in [-0.3, -0.25) is 4.79 Å². The first-order chi connectivity index (χ1) is 5.33. The summed E-state index contributed by atoms with van der Waals surface area (Å²) in [6.07, 6.45) is 1.66. The minimum Gasteiger partial charge on any atom is -0.381 e. The van der Waals surface area contributed by atoms with Crippen LogP contribution in [0.1, 0.15) is 19.8 Å². The molecule has 1 aliphatic rings. The molecule has 64 valence electrons. The van der Waals surface area contributed by atoms with Crippen LogP contribution in [0, 0.1) is 5.92 Å². The number of hydrogen-bond acceptors (Lipinski definition) is 2. The number of carbonyl (C=O) groups is 1. The fourth-order valence-electron chi connectivity index (χ4n) is 1.13. The van der Waals surface area contributed by atoms with Gasteiger partial charge in [-0.1, -0.05) is 6.92 Å². The van der Waals surface area contributed by atoms with Crippen LogP contribution in [-0.2, 0) is 9.53 Å². The highest BCUT2D eigenvalue weighted by molar-refractivity contribution is 5.75. The maximum atomic E-state index is 10.8. The van der Waals surface area contributed by atoms with Gasteiger partial charge in [0.15, 0.2) is 0 Å². The second-order valence-electron chi connectivity index (χ2n) is 2.89. The third-order valence-corrected chi connectivity index (χ3v) is 1.93. The van der Waals surface area contributed by atoms with Crippen LogP contribution in [0.15, 0.2) is 0 Å². The lowest BCUT2D eigenvalue weighted by atomic mass is 10.1. The molecule has 0 unspecified atom stereocenters. The minimum absolute atomic E-state index is 0.136. The Morgan fingerprint density at radius 2 is 2.55 bits per heavy atom. The number of hydrogen-bond donors (Lipinski definition) is 1. The first kappa shape index (κ1) is 8.53. The van der Waals surface area contributed by atoms with E-state index in [9.17, 15) is 4.79 Å². The third kappa shape index (κ3) is 2.89. The van der Waals surface area contributed by atoms with Crippen molar-refractivity contribution < 1.29 is 9.53 Å². The van der Waals surface area contributed by atoms with Gasteiger partial charge in [-0.15, -0.1) is 0 Å². The van der Waals surface area contributed by atoms with Crippen molar-refractivity contribution in [2.45, 2.75) is 19.8 Å². The van der Waals surface area contributed by atoms with Gasteiger partial charge in [0, 0.05) is 25.5 Å². The molecule has 11 heavy (non-hydrogen) atoms. The summed E-state index contributed by atoms with van der Waals surface area (Å²) in [5, 5.41) is 2.86. The van der Waals surface area contributed by atoms with Crippen LogP contribution in [0.4, 0.5) is 0 Å². The Balaban J connectivity index is 2.06. The van der Waals surface area contributed by atoms with Crippen molar-refractivity contribution in [2.75, 3.05) is 19.8 Å². The Bertz CT molecular complexity index is 130. The summed E-state index contributed by atoms with van der Waals surface area (Å²) < 4.78 is 5.17. The topological polar surface area (TPSA) is 38.3 Å². The minimum atomic E-state index is 0.136. The molecule has 1 saturated heterocycles. The van der Waals surface area contributed by atoms with Crippen LogP contribution < -0.4 is 5.32 Å². The highest BCUT2D eigenvalue weighted by Crippen LogP contribution is 2.10. The second-order valence-corrected chi connectivity index (χ2v) is 2.89. The van der Waals surface area contributed by atoms with Gasteiger partial charge in [0.2, 0.25) is 5.91 Å². The number of nitrogens with one attached hydrogen (secondary N) is 1. The van der Waals surface area contributed by atoms with Crippen LogP contribution in [-0.4, -0.2) is 25.7 Å². The Hall–Kier alpha value is -0.570. The molecule has 0 bridgehead atoms. The van der Waals surface area contributed by atoms with Crippen molar-refractivity contribution >= 4 is 5.91 Å². The number of amides is 1. The van der Waals surface area contributed by atoms with E-state index in [1.54, 1.807) is 0 Å². The van der Waals surface area contributed by atoms with Gasteiger partial charge in [-0.05, 0) is 6.42 Å². The summed E-state index contributed by atoms with van der Waals surface area (Å²) >= 11 is 0. The van der Waals surface area contributed by atoms with Gasteiger partial charge in [0.25, 0.3) is 0 Å². The normalized spacial score (nSPS) is 23.5. The maximum absolute atomic E-state index is 10.8. The van der Waals surface area contributed by atoms with E-state index in [1.165, 1.54) is 0 Å². The Kier molecular flexibility index (Phi) is 3.36. The molecule has 0 spiro atoms. The van der Waals surface area contributed by atoms with E-state index < -0.39 is 0 Å². The molecule has 0 saturated carbocycles. The lowest BCUT2D eigenvalue weighted by molar-refractivity contribution is -0.120. The van der Waals surface area contributed by atoms with Crippen molar-refractivity contribution in [1.29, 1.82) is 0 Å². The maximum Gasteiger partial charge on any atom is 0.219 e. The zero-order valence-electron chi connectivity index (χ0n) is 6.93. The summed E-state index contributed by atoms with van der Waals surface area (Å²) in [6.45, 7) is 4.31. The van der Waals surface area contributed by atoms with Gasteiger partial charge < -0.3 is 10.1 Å². The highest BCUT2D eigenvalue weighted by atomic mass is 16.5. The van der Waals surface area contributed by atoms with Gasteiger partial charge in [-0.25, -0.2) is 0 Å². The molecule has 1 aliphatic heterocycles. The van der Waals surface area contributed by atoms with Crippen LogP contribution >= 0.6 is 0 Å². The summed E-state index contributed by atoms with van der Waals surface area (Å²) in [5.41, 5.74) is 0. The van der Waals surface area contributed by atoms with Crippen molar-refractivity contribution in [3.63, 3.8) is 0 Å². The Morgan fingerprint density at radius 3 is 3.09 bits per heavy atom. The molecule has 1 atom stereocenters. The van der Waals surface area contributed by atoms with E-state index in [0.717, 1.165) is 26.2 Å². The Morgan fingerprint density at radius 1 is 1.73 bits per heavy atom. The molecule has 1 rings (SSSR count). The van der Waals surface area contributed by atoms with E-state index in [4.69, 9.17) is 4.74 Å². The highest BCUT2D eigenvalue weighted by Gasteiger charge is 2.15. The average Bonchev–Trinajstić information content (AvgIpc) is 2.52. The average molecular weight is 157 g/mol. The monoisotopic (exact) mass is 157 g/mol. The lowest BCUT2D eigenvalue weighted by Gasteiger charge is -2.07. The van der Waals surface area contributed by atoms with E-state index in [0.29, 0.717) is 12.3 Å². The third-order valence-electron chi connectivity index (χ3n) is 1.93. The van der Waals surface area contributed by atoms with Gasteiger partial charge >= 0.3 is 0 Å². The van der Waals surface area contributed by atoms with Crippen molar-refractivity contribution in [3.05, 3.63) is 0 Å². The van der Waals surface area contributed by atoms with Gasteiger partial charge in [0.05, 0.1) is 6.61 Å². The molecular weight excluding hydrogens is 142 g/mol. The van der Waals surface area contributed by atoms with Gasteiger partial charge in [0.1, 0.15) is 0 Å². The molecule has 0 aliphatic carbocycles. The van der Waals surface area contributed by atoms with Gasteiger partial charge in [-0.2, -0.15) is 0 Å². The summed E-state index contributed by atoms with van der Waals surface area (Å²) in [4.78, 5) is 10.8. The molecule has 0 aromatic rings. The molecule has 0 aromatic carbocycles. The zero-order chi connectivity index (χ0) is 8.10. The second kappa shape index (κ2) is 4.34. The molecule has 1 fully saturated rings. The van der Waals surface area contributed by atoms with Crippen LogP contribution in [0.2, 0.25) is 0 Å². The van der Waals surface area contributed by atoms with E-state index in [2.05, 4.69) is 5.32 Å². The Labute approximate surface area is 67.1 Å². The molecule has 1 heterocycles. The summed E-state index contributed by atoms with van der Waals surface area (Å²) in [5.74, 6) is 0.683. The first-order valence-electron chi connectivity index (χ1n) is 4.17. The van der Waals surface area contributed by atoms with E-state index in [-0.39, 0.29) is 5.91 Å². The predicted molar refractivity (Wildman–Crippen MR) is 42.2 cm³/mol. The summed E-state index contributed by atoms with van der Waals surface area (Å²) in [6, 6.07) is 0. The largest absolute Gasteiger partial charge is 0.381 e. The van der Waals surface area contributed by atoms with Crippen molar-refractivity contribution in [2.24, 2.45) is 5.92 Å².